The summed E-state index contributed by atoms with van der Waals surface area (Å²) in [5.41, 5.74) is 10.9. The van der Waals surface area contributed by atoms with Crippen LogP contribution in [0.4, 0.5) is 0 Å². The van der Waals surface area contributed by atoms with Crippen molar-refractivity contribution in [3.63, 3.8) is 0 Å². The molecular weight excluding hydrogens is 474 g/mol. The quantitative estimate of drug-likeness (QED) is 0.224. The second kappa shape index (κ2) is 8.54. The van der Waals surface area contributed by atoms with E-state index in [2.05, 4.69) is 97.7 Å². The van der Waals surface area contributed by atoms with Gasteiger partial charge in [0, 0.05) is 28.6 Å². The fraction of sp³-hybridized carbons (Fsp3) is 0.162. The van der Waals surface area contributed by atoms with E-state index in [-0.39, 0.29) is 0 Å². The van der Waals surface area contributed by atoms with Gasteiger partial charge < -0.3 is 4.74 Å². The van der Waals surface area contributed by atoms with Crippen molar-refractivity contribution in [3.05, 3.63) is 119 Å². The fourth-order valence-corrected chi connectivity index (χ4v) is 7.05. The lowest BCUT2D eigenvalue weighted by Crippen LogP contribution is -2.08. The molecular formula is C37H29NO. The van der Waals surface area contributed by atoms with Gasteiger partial charge in [0.1, 0.15) is 11.5 Å². The van der Waals surface area contributed by atoms with Gasteiger partial charge in [-0.1, -0.05) is 60.7 Å². The van der Waals surface area contributed by atoms with Crippen LogP contribution < -0.4 is 4.74 Å². The Morgan fingerprint density at radius 3 is 2.36 bits per heavy atom. The van der Waals surface area contributed by atoms with E-state index in [1.54, 1.807) is 5.57 Å². The number of fused-ring (bicyclic) bond motifs is 2. The van der Waals surface area contributed by atoms with Gasteiger partial charge in [0.2, 0.25) is 0 Å². The maximum Gasteiger partial charge on any atom is 0.143 e. The molecule has 6 aromatic rings. The van der Waals surface area contributed by atoms with Crippen molar-refractivity contribution in [2.75, 3.05) is 0 Å². The molecule has 0 atom stereocenters. The summed E-state index contributed by atoms with van der Waals surface area (Å²) in [5, 5.41) is 7.32. The van der Waals surface area contributed by atoms with Gasteiger partial charge in [0.05, 0.1) is 0 Å². The predicted octanol–water partition coefficient (Wildman–Crippen LogP) is 9.89. The first-order valence-electron chi connectivity index (χ1n) is 14.0. The van der Waals surface area contributed by atoms with Crippen LogP contribution in [0.1, 0.15) is 40.7 Å². The molecule has 188 valence electrons. The number of benzene rings is 5. The summed E-state index contributed by atoms with van der Waals surface area (Å²) < 4.78 is 6.73. The standard InChI is InChI=1S/C37H29NO/c1-22-18-23(2)20-27(19-22)39-37-31-9-4-3-8-28(31)36(33-21-38-17-16-32(33)37)30-15-13-26-11-10-24-6-5-7-25-12-14-29(30)35(26)34(24)25/h3-4,8-10,12-21H,5-7,11H2,1-2H3. The Bertz CT molecular complexity index is 1940. The molecule has 0 spiro atoms. The normalized spacial score (nSPS) is 14.2. The Labute approximate surface area is 228 Å². The lowest BCUT2D eigenvalue weighted by molar-refractivity contribution is 0.493. The fourth-order valence-electron chi connectivity index (χ4n) is 7.05. The first-order chi connectivity index (χ1) is 19.2. The van der Waals surface area contributed by atoms with E-state index in [0.717, 1.165) is 34.1 Å². The van der Waals surface area contributed by atoms with Crippen LogP contribution in [0.25, 0.3) is 49.0 Å². The third kappa shape index (κ3) is 3.44. The predicted molar refractivity (Wildman–Crippen MR) is 163 cm³/mol. The third-order valence-corrected chi connectivity index (χ3v) is 8.60. The smallest absolute Gasteiger partial charge is 0.143 e. The Balaban J connectivity index is 1.45. The van der Waals surface area contributed by atoms with Gasteiger partial charge in [-0.05, 0) is 118 Å². The van der Waals surface area contributed by atoms with Crippen LogP contribution in [-0.4, -0.2) is 4.98 Å². The van der Waals surface area contributed by atoms with E-state index in [1.807, 2.05) is 12.4 Å². The van der Waals surface area contributed by atoms with Crippen molar-refractivity contribution in [1.29, 1.82) is 0 Å². The van der Waals surface area contributed by atoms with Gasteiger partial charge in [-0.2, -0.15) is 0 Å². The molecule has 0 saturated carbocycles. The van der Waals surface area contributed by atoms with Crippen molar-refractivity contribution in [1.82, 2.24) is 4.98 Å². The summed E-state index contributed by atoms with van der Waals surface area (Å²) in [4.78, 5) is 4.61. The molecule has 2 aliphatic rings. The minimum atomic E-state index is 0.867. The highest BCUT2D eigenvalue weighted by Gasteiger charge is 2.25. The summed E-state index contributed by atoms with van der Waals surface area (Å²) in [5.74, 6) is 1.76. The monoisotopic (exact) mass is 503 g/mol. The van der Waals surface area contributed by atoms with Gasteiger partial charge in [0.15, 0.2) is 0 Å². The van der Waals surface area contributed by atoms with E-state index >= 15 is 0 Å². The van der Waals surface area contributed by atoms with Crippen LogP contribution in [0.15, 0.2) is 91.3 Å². The van der Waals surface area contributed by atoms with E-state index < -0.39 is 0 Å². The van der Waals surface area contributed by atoms with Crippen LogP contribution >= 0.6 is 0 Å². The molecule has 0 saturated heterocycles. The average molecular weight is 504 g/mol. The highest BCUT2D eigenvalue weighted by atomic mass is 16.5. The lowest BCUT2D eigenvalue weighted by atomic mass is 9.77. The zero-order valence-electron chi connectivity index (χ0n) is 22.3. The molecule has 39 heavy (non-hydrogen) atoms. The van der Waals surface area contributed by atoms with Crippen molar-refractivity contribution in [2.24, 2.45) is 0 Å². The van der Waals surface area contributed by atoms with Gasteiger partial charge in [-0.3, -0.25) is 4.98 Å². The molecule has 0 radical (unpaired) electrons. The molecule has 0 amide bonds. The summed E-state index contributed by atoms with van der Waals surface area (Å²) >= 11 is 0. The van der Waals surface area contributed by atoms with Gasteiger partial charge in [-0.25, -0.2) is 0 Å². The van der Waals surface area contributed by atoms with Crippen molar-refractivity contribution < 1.29 is 4.74 Å². The first kappa shape index (κ1) is 22.5. The molecule has 1 aromatic heterocycles. The second-order valence-electron chi connectivity index (χ2n) is 11.2. The average Bonchev–Trinajstić information content (AvgIpc) is 2.96. The van der Waals surface area contributed by atoms with Gasteiger partial charge >= 0.3 is 0 Å². The van der Waals surface area contributed by atoms with E-state index in [4.69, 9.17) is 4.74 Å². The largest absolute Gasteiger partial charge is 0.456 e. The number of allylic oxidation sites excluding steroid dienone is 2. The Morgan fingerprint density at radius 1 is 0.692 bits per heavy atom. The number of aromatic nitrogens is 1. The van der Waals surface area contributed by atoms with E-state index in [0.29, 0.717) is 0 Å². The van der Waals surface area contributed by atoms with Crippen molar-refractivity contribution >= 4 is 37.9 Å². The first-order valence-corrected chi connectivity index (χ1v) is 14.0. The molecule has 0 bridgehead atoms. The molecule has 2 nitrogen and oxygen atoms in total. The molecule has 8 rings (SSSR count). The second-order valence-corrected chi connectivity index (χ2v) is 11.2. The van der Waals surface area contributed by atoms with E-state index in [9.17, 15) is 0 Å². The Hall–Kier alpha value is -4.43. The molecule has 0 N–H and O–H groups in total. The highest BCUT2D eigenvalue weighted by Crippen LogP contribution is 2.49. The van der Waals surface area contributed by atoms with Crippen LogP contribution in [0.3, 0.4) is 0 Å². The minimum Gasteiger partial charge on any atom is -0.456 e. The maximum atomic E-state index is 6.73. The van der Waals surface area contributed by atoms with Crippen LogP contribution in [0, 0.1) is 13.8 Å². The number of hydrogen-bond acceptors (Lipinski definition) is 2. The summed E-state index contributed by atoms with van der Waals surface area (Å²) in [6.45, 7) is 4.23. The molecule has 1 heterocycles. The van der Waals surface area contributed by atoms with Crippen molar-refractivity contribution in [2.45, 2.75) is 39.5 Å². The number of hydrogen-bond donors (Lipinski definition) is 0. The number of pyridine rings is 1. The van der Waals surface area contributed by atoms with Crippen LogP contribution in [-0.2, 0) is 12.8 Å². The zero-order chi connectivity index (χ0) is 26.1. The summed E-state index contributed by atoms with van der Waals surface area (Å²) in [6, 6.07) is 26.6. The highest BCUT2D eigenvalue weighted by molar-refractivity contribution is 6.21. The van der Waals surface area contributed by atoms with E-state index in [1.165, 1.54) is 74.4 Å². The number of nitrogens with zero attached hydrogens (tertiary/aromatic N) is 1. The minimum absolute atomic E-state index is 0.867. The van der Waals surface area contributed by atoms with Gasteiger partial charge in [0.25, 0.3) is 0 Å². The van der Waals surface area contributed by atoms with Crippen LogP contribution in [0.5, 0.6) is 11.5 Å². The molecule has 0 aliphatic heterocycles. The Kier molecular flexibility index (Phi) is 4.94. The lowest BCUT2D eigenvalue weighted by Gasteiger charge is -2.27. The Morgan fingerprint density at radius 2 is 1.49 bits per heavy atom. The van der Waals surface area contributed by atoms with Crippen LogP contribution in [0.2, 0.25) is 0 Å². The summed E-state index contributed by atoms with van der Waals surface area (Å²) in [6.07, 6.45) is 11.0. The summed E-state index contributed by atoms with van der Waals surface area (Å²) in [7, 11) is 0. The molecule has 0 unspecified atom stereocenters. The molecule has 0 fully saturated rings. The maximum absolute atomic E-state index is 6.73. The van der Waals surface area contributed by atoms with Crippen molar-refractivity contribution in [3.8, 4) is 22.6 Å². The zero-order valence-corrected chi connectivity index (χ0v) is 22.3. The SMILES string of the molecule is Cc1cc(C)cc(Oc2c3ccccc3c(-c3ccc4c5c6c(ccc35)CCCC6=CC4)c3cnccc23)c1. The topological polar surface area (TPSA) is 22.1 Å². The number of rotatable bonds is 3. The molecule has 5 aromatic carbocycles. The third-order valence-electron chi connectivity index (χ3n) is 8.60. The molecule has 2 aliphatic carbocycles. The molecule has 2 heteroatoms. The number of aryl methyl sites for hydroxylation is 3. The van der Waals surface area contributed by atoms with Gasteiger partial charge in [-0.15, -0.1) is 0 Å². The number of ether oxygens (including phenoxy) is 1.